The molecule has 2 atom stereocenters. The fourth-order valence-corrected chi connectivity index (χ4v) is 3.19. The monoisotopic (exact) mass is 337 g/mol. The minimum atomic E-state index is -0.993. The predicted molar refractivity (Wildman–Crippen MR) is 94.0 cm³/mol. The third kappa shape index (κ3) is 3.13. The van der Waals surface area contributed by atoms with Crippen LogP contribution in [0, 0.1) is 6.92 Å². The lowest BCUT2D eigenvalue weighted by Gasteiger charge is -2.36. The van der Waals surface area contributed by atoms with Gasteiger partial charge in [0.05, 0.1) is 13.2 Å². The van der Waals surface area contributed by atoms with Crippen molar-refractivity contribution in [1.82, 2.24) is 4.90 Å². The number of aryl methyl sites for hydroxylation is 1. The van der Waals surface area contributed by atoms with Gasteiger partial charge in [-0.25, -0.2) is 4.79 Å². The molecule has 5 nitrogen and oxygen atoms in total. The molecule has 0 spiro atoms. The van der Waals surface area contributed by atoms with E-state index in [1.807, 2.05) is 43.3 Å². The van der Waals surface area contributed by atoms with Crippen molar-refractivity contribution in [2.24, 2.45) is 0 Å². The molecule has 0 radical (unpaired) electrons. The molecule has 0 saturated heterocycles. The van der Waals surface area contributed by atoms with E-state index in [0.29, 0.717) is 5.56 Å². The summed E-state index contributed by atoms with van der Waals surface area (Å²) in [6.45, 7) is 1.94. The van der Waals surface area contributed by atoms with E-state index in [0.717, 1.165) is 16.7 Å². The molecule has 0 saturated carbocycles. The van der Waals surface area contributed by atoms with Crippen LogP contribution in [0.3, 0.4) is 0 Å². The van der Waals surface area contributed by atoms with Crippen LogP contribution in [0.25, 0.3) is 6.08 Å². The molecule has 0 aromatic heterocycles. The highest BCUT2D eigenvalue weighted by molar-refractivity contribution is 5.81. The number of carboxylic acids is 1. The van der Waals surface area contributed by atoms with Crippen molar-refractivity contribution in [1.29, 1.82) is 0 Å². The number of carboxylic acid groups (broad SMARTS) is 1. The Kier molecular flexibility index (Phi) is 4.57. The summed E-state index contributed by atoms with van der Waals surface area (Å²) >= 11 is 0. The molecular formula is C20H19NO4. The maximum Gasteiger partial charge on any atom is 0.414 e. The predicted octanol–water partition coefficient (Wildman–Crippen LogP) is 3.96. The van der Waals surface area contributed by atoms with Crippen LogP contribution >= 0.6 is 0 Å². The lowest BCUT2D eigenvalue weighted by Crippen LogP contribution is -2.38. The first-order valence-corrected chi connectivity index (χ1v) is 7.95. The molecule has 0 aliphatic carbocycles. The Morgan fingerprint density at radius 1 is 1.12 bits per heavy atom. The standard InChI is InChI=1S/C20H19NO4/c1-13-7-9-15(10-8-13)17(19(22)23)18-16-6-4-3-5-14(16)11-12-21(18)20(24)25-2/h3-12,17-18H,1-2H3,(H,22,23)/t17-,18-/m1/s1. The Morgan fingerprint density at radius 3 is 2.44 bits per heavy atom. The quantitative estimate of drug-likeness (QED) is 0.921. The lowest BCUT2D eigenvalue weighted by atomic mass is 9.82. The smallest absolute Gasteiger partial charge is 0.414 e. The molecular weight excluding hydrogens is 318 g/mol. The zero-order valence-electron chi connectivity index (χ0n) is 14.0. The average molecular weight is 337 g/mol. The van der Waals surface area contributed by atoms with Gasteiger partial charge >= 0.3 is 12.1 Å². The summed E-state index contributed by atoms with van der Waals surface area (Å²) in [5, 5.41) is 9.94. The summed E-state index contributed by atoms with van der Waals surface area (Å²) in [6, 6.07) is 14.1. The largest absolute Gasteiger partial charge is 0.481 e. The number of amides is 1. The van der Waals surface area contributed by atoms with Gasteiger partial charge in [-0.05, 0) is 29.7 Å². The molecule has 1 N–H and O–H groups in total. The first-order chi connectivity index (χ1) is 12.0. The summed E-state index contributed by atoms with van der Waals surface area (Å²) in [5.74, 6) is -1.90. The summed E-state index contributed by atoms with van der Waals surface area (Å²) < 4.78 is 4.86. The molecule has 25 heavy (non-hydrogen) atoms. The highest BCUT2D eigenvalue weighted by Gasteiger charge is 2.39. The number of ether oxygens (including phenoxy) is 1. The number of rotatable bonds is 3. The van der Waals surface area contributed by atoms with Gasteiger partial charge in [0.1, 0.15) is 5.92 Å². The minimum absolute atomic E-state index is 0.589. The first-order valence-electron chi connectivity index (χ1n) is 7.95. The molecule has 0 bridgehead atoms. The Labute approximate surface area is 146 Å². The van der Waals surface area contributed by atoms with Crippen molar-refractivity contribution in [3.8, 4) is 0 Å². The van der Waals surface area contributed by atoms with Crippen LogP contribution in [-0.2, 0) is 9.53 Å². The van der Waals surface area contributed by atoms with Gasteiger partial charge in [-0.15, -0.1) is 0 Å². The van der Waals surface area contributed by atoms with E-state index in [1.54, 1.807) is 24.4 Å². The molecule has 1 aliphatic rings. The van der Waals surface area contributed by atoms with Crippen LogP contribution in [0.1, 0.15) is 34.2 Å². The number of aliphatic carboxylic acids is 1. The van der Waals surface area contributed by atoms with Gasteiger partial charge in [-0.1, -0.05) is 54.1 Å². The highest BCUT2D eigenvalue weighted by Crippen LogP contribution is 2.41. The topological polar surface area (TPSA) is 66.8 Å². The third-order valence-electron chi connectivity index (χ3n) is 4.43. The lowest BCUT2D eigenvalue weighted by molar-refractivity contribution is -0.140. The van der Waals surface area contributed by atoms with Gasteiger partial charge in [0.2, 0.25) is 0 Å². The number of hydrogen-bond donors (Lipinski definition) is 1. The summed E-state index contributed by atoms with van der Waals surface area (Å²) in [5.41, 5.74) is 3.36. The minimum Gasteiger partial charge on any atom is -0.481 e. The van der Waals surface area contributed by atoms with E-state index in [2.05, 4.69) is 0 Å². The molecule has 1 amide bonds. The molecule has 128 valence electrons. The molecule has 2 aromatic carbocycles. The number of carbonyl (C=O) groups is 2. The van der Waals surface area contributed by atoms with Gasteiger partial charge < -0.3 is 9.84 Å². The molecule has 2 aromatic rings. The number of benzene rings is 2. The number of carbonyl (C=O) groups excluding carboxylic acids is 1. The summed E-state index contributed by atoms with van der Waals surface area (Å²) in [6.07, 6.45) is 2.79. The van der Waals surface area contributed by atoms with Gasteiger partial charge in [0, 0.05) is 6.20 Å². The fourth-order valence-electron chi connectivity index (χ4n) is 3.19. The van der Waals surface area contributed by atoms with Gasteiger partial charge in [0.15, 0.2) is 0 Å². The van der Waals surface area contributed by atoms with Gasteiger partial charge in [0.25, 0.3) is 0 Å². The SMILES string of the molecule is COC(=O)N1C=Cc2ccccc2[C@@H]1[C@H](C(=O)O)c1ccc(C)cc1. The number of fused-ring (bicyclic) bond motifs is 1. The van der Waals surface area contributed by atoms with E-state index < -0.39 is 24.0 Å². The van der Waals surface area contributed by atoms with Crippen LogP contribution in [0.5, 0.6) is 0 Å². The van der Waals surface area contributed by atoms with Crippen molar-refractivity contribution < 1.29 is 19.4 Å². The maximum atomic E-state index is 12.3. The zero-order chi connectivity index (χ0) is 18.0. The Balaban J connectivity index is 2.16. The molecule has 0 unspecified atom stereocenters. The number of hydrogen-bond acceptors (Lipinski definition) is 3. The number of methoxy groups -OCH3 is 1. The van der Waals surface area contributed by atoms with Gasteiger partial charge in [-0.3, -0.25) is 9.69 Å². The highest BCUT2D eigenvalue weighted by atomic mass is 16.5. The van der Waals surface area contributed by atoms with E-state index >= 15 is 0 Å². The molecule has 0 fully saturated rings. The van der Waals surface area contributed by atoms with Crippen molar-refractivity contribution in [3.05, 3.63) is 77.0 Å². The van der Waals surface area contributed by atoms with Crippen LogP contribution < -0.4 is 0 Å². The summed E-state index contributed by atoms with van der Waals surface area (Å²) in [4.78, 5) is 25.8. The van der Waals surface area contributed by atoms with Crippen molar-refractivity contribution in [2.75, 3.05) is 7.11 Å². The van der Waals surface area contributed by atoms with Crippen LogP contribution in [0.15, 0.2) is 54.7 Å². The van der Waals surface area contributed by atoms with E-state index in [1.165, 1.54) is 12.0 Å². The first kappa shape index (κ1) is 16.8. The van der Waals surface area contributed by atoms with E-state index in [4.69, 9.17) is 4.74 Å². The maximum absolute atomic E-state index is 12.3. The fraction of sp³-hybridized carbons (Fsp3) is 0.200. The van der Waals surface area contributed by atoms with Crippen molar-refractivity contribution in [2.45, 2.75) is 18.9 Å². The van der Waals surface area contributed by atoms with Crippen molar-refractivity contribution in [3.63, 3.8) is 0 Å². The summed E-state index contributed by atoms with van der Waals surface area (Å²) in [7, 11) is 1.29. The van der Waals surface area contributed by atoms with Crippen LogP contribution in [0.2, 0.25) is 0 Å². The second-order valence-electron chi connectivity index (χ2n) is 5.99. The molecule has 5 heteroatoms. The average Bonchev–Trinajstić information content (AvgIpc) is 2.62. The molecule has 1 aliphatic heterocycles. The zero-order valence-corrected chi connectivity index (χ0v) is 14.0. The van der Waals surface area contributed by atoms with E-state index in [9.17, 15) is 14.7 Å². The molecule has 3 rings (SSSR count). The van der Waals surface area contributed by atoms with Crippen LogP contribution in [0.4, 0.5) is 4.79 Å². The van der Waals surface area contributed by atoms with Crippen LogP contribution in [-0.4, -0.2) is 29.2 Å². The molecule has 1 heterocycles. The Morgan fingerprint density at radius 2 is 1.80 bits per heavy atom. The third-order valence-corrected chi connectivity index (χ3v) is 4.43. The van der Waals surface area contributed by atoms with E-state index in [-0.39, 0.29) is 0 Å². The van der Waals surface area contributed by atoms with Gasteiger partial charge in [-0.2, -0.15) is 0 Å². The normalized spacial score (nSPS) is 16.9. The number of nitrogens with zero attached hydrogens (tertiary/aromatic N) is 1. The Hall–Kier alpha value is -3.08. The second kappa shape index (κ2) is 6.81. The second-order valence-corrected chi connectivity index (χ2v) is 5.99. The Bertz CT molecular complexity index is 826. The van der Waals surface area contributed by atoms with Crippen molar-refractivity contribution >= 4 is 18.1 Å².